The smallest absolute Gasteiger partial charge is 0.333 e. The van der Waals surface area contributed by atoms with Gasteiger partial charge in [0.15, 0.2) is 6.04 Å². The molecular weight excluding hydrogens is 372 g/mol. The number of esters is 1. The monoisotopic (exact) mass is 386 g/mol. The van der Waals surface area contributed by atoms with Crippen LogP contribution in [0.15, 0.2) is 48.8 Å². The Morgan fingerprint density at radius 3 is 2.70 bits per heavy atom. The van der Waals surface area contributed by atoms with Gasteiger partial charge in [-0.1, -0.05) is 41.9 Å². The normalized spacial score (nSPS) is 11.8. The Hall–Kier alpha value is -3.26. The molecule has 27 heavy (non-hydrogen) atoms. The molecule has 0 amide bonds. The Morgan fingerprint density at radius 1 is 1.30 bits per heavy atom. The number of rotatable bonds is 6. The van der Waals surface area contributed by atoms with E-state index in [9.17, 15) is 14.9 Å². The molecule has 0 fully saturated rings. The number of carbonyl (C=O) groups is 1. The molecule has 3 rings (SSSR count). The summed E-state index contributed by atoms with van der Waals surface area (Å²) in [4.78, 5) is 31.3. The van der Waals surface area contributed by atoms with E-state index in [2.05, 4.69) is 15.3 Å². The van der Waals surface area contributed by atoms with Crippen molar-refractivity contribution in [2.24, 2.45) is 0 Å². The van der Waals surface area contributed by atoms with Gasteiger partial charge in [-0.2, -0.15) is 0 Å². The Labute approximate surface area is 159 Å². The standard InChI is InChI=1S/C18H15ClN4O4/c1-2-27-18(24)16(11-6-4-3-5-7-11)22-17-12-8-15(23(25)26)13(19)9-14(12)20-10-21-17/h3-10,16H,2H2,1H3,(H,20,21,22). The topological polar surface area (TPSA) is 107 Å². The van der Waals surface area contributed by atoms with E-state index in [4.69, 9.17) is 16.3 Å². The van der Waals surface area contributed by atoms with Crippen molar-refractivity contribution in [3.05, 3.63) is 69.5 Å². The van der Waals surface area contributed by atoms with Crippen molar-refractivity contribution in [1.82, 2.24) is 9.97 Å². The zero-order valence-electron chi connectivity index (χ0n) is 14.3. The number of nitrogens with zero attached hydrogens (tertiary/aromatic N) is 3. The summed E-state index contributed by atoms with van der Waals surface area (Å²) in [6.07, 6.45) is 1.29. The van der Waals surface area contributed by atoms with E-state index < -0.39 is 16.9 Å². The van der Waals surface area contributed by atoms with Crippen LogP contribution in [0.25, 0.3) is 10.9 Å². The van der Waals surface area contributed by atoms with E-state index >= 15 is 0 Å². The van der Waals surface area contributed by atoms with Gasteiger partial charge < -0.3 is 10.1 Å². The van der Waals surface area contributed by atoms with Crippen molar-refractivity contribution in [1.29, 1.82) is 0 Å². The van der Waals surface area contributed by atoms with Gasteiger partial charge in [-0.25, -0.2) is 14.8 Å². The fraction of sp³-hybridized carbons (Fsp3) is 0.167. The second kappa shape index (κ2) is 7.96. The van der Waals surface area contributed by atoms with Crippen molar-refractivity contribution in [2.45, 2.75) is 13.0 Å². The molecule has 0 aliphatic heterocycles. The van der Waals surface area contributed by atoms with E-state index in [0.717, 1.165) is 0 Å². The highest BCUT2D eigenvalue weighted by Gasteiger charge is 2.24. The van der Waals surface area contributed by atoms with Crippen molar-refractivity contribution >= 4 is 40.0 Å². The van der Waals surface area contributed by atoms with Crippen LogP contribution in [0.2, 0.25) is 5.02 Å². The van der Waals surface area contributed by atoms with Crippen molar-refractivity contribution in [2.75, 3.05) is 11.9 Å². The van der Waals surface area contributed by atoms with Crippen LogP contribution in [0.4, 0.5) is 11.5 Å². The Kier molecular flexibility index (Phi) is 5.46. The first-order valence-electron chi connectivity index (χ1n) is 8.08. The zero-order valence-corrected chi connectivity index (χ0v) is 15.0. The predicted molar refractivity (Wildman–Crippen MR) is 101 cm³/mol. The fourth-order valence-corrected chi connectivity index (χ4v) is 2.83. The fourth-order valence-electron chi connectivity index (χ4n) is 2.61. The first-order chi connectivity index (χ1) is 13.0. The first-order valence-corrected chi connectivity index (χ1v) is 8.45. The molecular formula is C18H15ClN4O4. The third-order valence-corrected chi connectivity index (χ3v) is 4.14. The molecule has 0 radical (unpaired) electrons. The van der Waals surface area contributed by atoms with Crippen LogP contribution < -0.4 is 5.32 Å². The number of fused-ring (bicyclic) bond motifs is 1. The molecule has 8 nitrogen and oxygen atoms in total. The minimum Gasteiger partial charge on any atom is -0.464 e. The lowest BCUT2D eigenvalue weighted by atomic mass is 10.1. The molecule has 0 aliphatic carbocycles. The van der Waals surface area contributed by atoms with Gasteiger partial charge >= 0.3 is 5.97 Å². The van der Waals surface area contributed by atoms with E-state index in [1.807, 2.05) is 6.07 Å². The van der Waals surface area contributed by atoms with Crippen LogP contribution in [0, 0.1) is 10.1 Å². The minimum absolute atomic E-state index is 0.0258. The third kappa shape index (κ3) is 3.95. The summed E-state index contributed by atoms with van der Waals surface area (Å²) in [7, 11) is 0. The summed E-state index contributed by atoms with van der Waals surface area (Å²) < 4.78 is 5.15. The van der Waals surface area contributed by atoms with Gasteiger partial charge in [-0.15, -0.1) is 0 Å². The molecule has 0 aliphatic rings. The first kappa shape index (κ1) is 18.5. The predicted octanol–water partition coefficient (Wildman–Crippen LogP) is 3.91. The highest BCUT2D eigenvalue weighted by Crippen LogP contribution is 2.32. The molecule has 0 spiro atoms. The Bertz CT molecular complexity index is 997. The second-order valence-electron chi connectivity index (χ2n) is 5.54. The molecule has 9 heteroatoms. The third-order valence-electron chi connectivity index (χ3n) is 3.84. The highest BCUT2D eigenvalue weighted by molar-refractivity contribution is 6.33. The molecule has 2 aromatic carbocycles. The van der Waals surface area contributed by atoms with Crippen LogP contribution in [0.5, 0.6) is 0 Å². The summed E-state index contributed by atoms with van der Waals surface area (Å²) in [5, 5.41) is 14.6. The molecule has 1 N–H and O–H groups in total. The van der Waals surface area contributed by atoms with Crippen molar-refractivity contribution in [3.63, 3.8) is 0 Å². The SMILES string of the molecule is CCOC(=O)C(Nc1ncnc2cc(Cl)c([N+](=O)[O-])cc12)c1ccccc1. The average Bonchev–Trinajstić information content (AvgIpc) is 2.66. The van der Waals surface area contributed by atoms with Crippen LogP contribution in [-0.4, -0.2) is 27.5 Å². The largest absolute Gasteiger partial charge is 0.464 e. The average molecular weight is 387 g/mol. The lowest BCUT2D eigenvalue weighted by Gasteiger charge is -2.19. The number of aromatic nitrogens is 2. The van der Waals surface area contributed by atoms with E-state index in [1.54, 1.807) is 31.2 Å². The number of hydrogen-bond donors (Lipinski definition) is 1. The number of anilines is 1. The number of benzene rings is 2. The van der Waals surface area contributed by atoms with Gasteiger partial charge in [0.1, 0.15) is 17.2 Å². The van der Waals surface area contributed by atoms with Gasteiger partial charge in [0.2, 0.25) is 0 Å². The minimum atomic E-state index is -0.834. The number of ether oxygens (including phenoxy) is 1. The van der Waals surface area contributed by atoms with E-state index in [0.29, 0.717) is 16.5 Å². The lowest BCUT2D eigenvalue weighted by Crippen LogP contribution is -2.24. The lowest BCUT2D eigenvalue weighted by molar-refractivity contribution is -0.384. The summed E-state index contributed by atoms with van der Waals surface area (Å²) in [5.41, 5.74) is 0.819. The van der Waals surface area contributed by atoms with Gasteiger partial charge in [0, 0.05) is 11.5 Å². The molecule has 3 aromatic rings. The summed E-state index contributed by atoms with van der Waals surface area (Å²) >= 11 is 5.95. The Balaban J connectivity index is 2.08. The van der Waals surface area contributed by atoms with Gasteiger partial charge in [0.25, 0.3) is 5.69 Å². The number of nitro groups is 1. The van der Waals surface area contributed by atoms with Crippen molar-refractivity contribution in [3.8, 4) is 0 Å². The maximum Gasteiger partial charge on any atom is 0.333 e. The van der Waals surface area contributed by atoms with Gasteiger partial charge in [-0.05, 0) is 18.6 Å². The molecule has 0 bridgehead atoms. The highest BCUT2D eigenvalue weighted by atomic mass is 35.5. The maximum absolute atomic E-state index is 12.5. The van der Waals surface area contributed by atoms with Gasteiger partial charge in [0.05, 0.1) is 17.0 Å². The number of halogens is 1. The molecule has 1 atom stereocenters. The van der Waals surface area contributed by atoms with E-state index in [-0.39, 0.29) is 23.1 Å². The van der Waals surface area contributed by atoms with E-state index in [1.165, 1.54) is 18.5 Å². The van der Waals surface area contributed by atoms with Crippen molar-refractivity contribution < 1.29 is 14.5 Å². The van der Waals surface area contributed by atoms with Gasteiger partial charge in [-0.3, -0.25) is 10.1 Å². The molecule has 0 saturated heterocycles. The van der Waals surface area contributed by atoms with Crippen LogP contribution in [-0.2, 0) is 9.53 Å². The summed E-state index contributed by atoms with van der Waals surface area (Å²) in [6, 6.07) is 10.8. The second-order valence-corrected chi connectivity index (χ2v) is 5.95. The number of nitrogens with one attached hydrogen (secondary N) is 1. The molecule has 138 valence electrons. The number of hydrogen-bond acceptors (Lipinski definition) is 7. The number of nitro benzene ring substituents is 1. The number of carbonyl (C=O) groups excluding carboxylic acids is 1. The quantitative estimate of drug-likeness (QED) is 0.388. The summed E-state index contributed by atoms with van der Waals surface area (Å²) in [6.45, 7) is 1.93. The summed E-state index contributed by atoms with van der Waals surface area (Å²) in [5.74, 6) is -0.222. The maximum atomic E-state index is 12.5. The van der Waals surface area contributed by atoms with Crippen LogP contribution >= 0.6 is 11.6 Å². The van der Waals surface area contributed by atoms with Crippen LogP contribution in [0.1, 0.15) is 18.5 Å². The zero-order chi connectivity index (χ0) is 19.4. The molecule has 0 saturated carbocycles. The van der Waals surface area contributed by atoms with Crippen LogP contribution in [0.3, 0.4) is 0 Å². The molecule has 1 heterocycles. The molecule has 1 aromatic heterocycles. The molecule has 1 unspecified atom stereocenters. The Morgan fingerprint density at radius 2 is 2.04 bits per heavy atom.